The molecule has 0 aromatic heterocycles. The summed E-state index contributed by atoms with van der Waals surface area (Å²) in [5, 5.41) is 0.0568. The summed E-state index contributed by atoms with van der Waals surface area (Å²) in [5.74, 6) is 0.657. The van der Waals surface area contributed by atoms with E-state index in [9.17, 15) is 9.59 Å². The zero-order valence-corrected chi connectivity index (χ0v) is 23.7. The molecule has 204 valence electrons. The normalized spacial score (nSPS) is 55.6. The predicted molar refractivity (Wildman–Crippen MR) is 141 cm³/mol. The third kappa shape index (κ3) is 2.37. The highest BCUT2D eigenvalue weighted by Gasteiger charge is 2.89. The molecular formula is C31H41BO6. The van der Waals surface area contributed by atoms with Crippen LogP contribution in [-0.2, 0) is 28.4 Å². The molecule has 9 rings (SSSR count). The first-order valence-corrected chi connectivity index (χ1v) is 14.8. The van der Waals surface area contributed by atoms with Crippen molar-refractivity contribution in [1.29, 1.82) is 0 Å². The molecule has 1 unspecified atom stereocenters. The summed E-state index contributed by atoms with van der Waals surface area (Å²) in [6.45, 7) is 16.6. The summed E-state index contributed by atoms with van der Waals surface area (Å²) in [6, 6.07) is 0. The molecule has 8 fully saturated rings. The fourth-order valence-corrected chi connectivity index (χ4v) is 11.7. The van der Waals surface area contributed by atoms with Gasteiger partial charge in [-0.25, -0.2) is 0 Å². The van der Waals surface area contributed by atoms with Gasteiger partial charge in [-0.1, -0.05) is 12.2 Å². The number of allylic oxidation sites excluding steroid dienone is 1. The van der Waals surface area contributed by atoms with Gasteiger partial charge in [0, 0.05) is 24.1 Å². The molecule has 0 aromatic rings. The number of hydrogen-bond acceptors (Lipinski definition) is 6. The lowest BCUT2D eigenvalue weighted by molar-refractivity contribution is -0.210. The molecule has 0 radical (unpaired) electrons. The van der Waals surface area contributed by atoms with Gasteiger partial charge < -0.3 is 18.8 Å². The second-order valence-electron chi connectivity index (χ2n) is 15.8. The average Bonchev–Trinajstić information content (AvgIpc) is 3.29. The van der Waals surface area contributed by atoms with Gasteiger partial charge in [0.15, 0.2) is 0 Å². The van der Waals surface area contributed by atoms with Crippen molar-refractivity contribution in [3.63, 3.8) is 0 Å². The zero-order valence-electron chi connectivity index (χ0n) is 23.7. The van der Waals surface area contributed by atoms with Crippen molar-refractivity contribution in [2.45, 2.75) is 115 Å². The Hall–Kier alpha value is -1.60. The van der Waals surface area contributed by atoms with E-state index in [1.54, 1.807) is 0 Å². The Bertz CT molecular complexity index is 1200. The Morgan fingerprint density at radius 3 is 2.34 bits per heavy atom. The fraction of sp³-hybridized carbons (Fsp3) is 0.806. The molecule has 0 aromatic carbocycles. The van der Waals surface area contributed by atoms with Crippen molar-refractivity contribution in [2.24, 2.45) is 39.9 Å². The minimum Gasteiger partial charge on any atom is -0.457 e. The number of carbonyl (C=O) groups is 2. The zero-order chi connectivity index (χ0) is 26.9. The number of esters is 2. The minimum absolute atomic E-state index is 0.00287. The molecule has 2 saturated heterocycles. The molecule has 0 N–H and O–H groups in total. The van der Waals surface area contributed by atoms with E-state index >= 15 is 0 Å². The van der Waals surface area contributed by atoms with Gasteiger partial charge in [-0.3, -0.25) is 9.59 Å². The van der Waals surface area contributed by atoms with E-state index in [4.69, 9.17) is 18.8 Å². The van der Waals surface area contributed by atoms with Crippen LogP contribution in [0.1, 0.15) is 86.5 Å². The molecule has 2 aliphatic heterocycles. The number of fused-ring (bicyclic) bond motifs is 1. The van der Waals surface area contributed by atoms with Gasteiger partial charge in [-0.2, -0.15) is 0 Å². The summed E-state index contributed by atoms with van der Waals surface area (Å²) < 4.78 is 25.5. The first-order valence-electron chi connectivity index (χ1n) is 14.8. The van der Waals surface area contributed by atoms with E-state index in [0.717, 1.165) is 44.9 Å². The Morgan fingerprint density at radius 1 is 1.05 bits per heavy atom. The Kier molecular flexibility index (Phi) is 4.13. The van der Waals surface area contributed by atoms with Gasteiger partial charge in [0.1, 0.15) is 17.1 Å². The SMILES string of the molecule is C=C1C[C@]23C[C@H]1CC[C@H]2[C@@]12C=C[C@H](OC(C)=O)C(C)(C(=O)O1)[C@H]2[C@@H]3C12CC(B3OC(C)(C)C(C)(C)O3)(C1)C2. The number of carbonyl (C=O) groups excluding carboxylic acids is 2. The molecular weight excluding hydrogens is 479 g/mol. The molecule has 6 saturated carbocycles. The van der Waals surface area contributed by atoms with Crippen molar-refractivity contribution >= 4 is 19.1 Å². The van der Waals surface area contributed by atoms with Crippen LogP contribution >= 0.6 is 0 Å². The third-order valence-electron chi connectivity index (χ3n) is 13.5. The first kappa shape index (κ1) is 24.2. The van der Waals surface area contributed by atoms with E-state index < -0.39 is 17.1 Å². The van der Waals surface area contributed by atoms with Crippen LogP contribution in [0.2, 0.25) is 5.31 Å². The number of rotatable bonds is 3. The van der Waals surface area contributed by atoms with Crippen molar-refractivity contribution in [3.05, 3.63) is 24.3 Å². The summed E-state index contributed by atoms with van der Waals surface area (Å²) >= 11 is 0. The van der Waals surface area contributed by atoms with Crippen LogP contribution in [0.15, 0.2) is 24.3 Å². The van der Waals surface area contributed by atoms with E-state index in [0.29, 0.717) is 17.8 Å². The monoisotopic (exact) mass is 520 g/mol. The molecule has 1 spiro atoms. The van der Waals surface area contributed by atoms with E-state index in [1.165, 1.54) is 12.5 Å². The molecule has 6 nitrogen and oxygen atoms in total. The van der Waals surface area contributed by atoms with Crippen LogP contribution in [0.5, 0.6) is 0 Å². The average molecular weight is 520 g/mol. The fourth-order valence-electron chi connectivity index (χ4n) is 11.7. The highest BCUT2D eigenvalue weighted by Crippen LogP contribution is 2.91. The maximum Gasteiger partial charge on any atom is 0.464 e. The van der Waals surface area contributed by atoms with Gasteiger partial charge >= 0.3 is 19.1 Å². The van der Waals surface area contributed by atoms with E-state index in [2.05, 4.69) is 40.3 Å². The molecule has 9 aliphatic rings. The minimum atomic E-state index is -0.872. The van der Waals surface area contributed by atoms with Gasteiger partial charge in [0.2, 0.25) is 0 Å². The van der Waals surface area contributed by atoms with Gasteiger partial charge in [-0.05, 0) is 114 Å². The largest absolute Gasteiger partial charge is 0.464 e. The van der Waals surface area contributed by atoms with Crippen LogP contribution in [0.25, 0.3) is 0 Å². The maximum absolute atomic E-state index is 13.8. The van der Waals surface area contributed by atoms with Gasteiger partial charge in [0.25, 0.3) is 0 Å². The Balaban J connectivity index is 1.21. The van der Waals surface area contributed by atoms with Crippen LogP contribution in [0.3, 0.4) is 0 Å². The van der Waals surface area contributed by atoms with Crippen molar-refractivity contribution in [1.82, 2.24) is 0 Å². The van der Waals surface area contributed by atoms with Crippen molar-refractivity contribution in [3.8, 4) is 0 Å². The Morgan fingerprint density at radius 2 is 1.71 bits per heavy atom. The Labute approximate surface area is 226 Å². The second kappa shape index (κ2) is 6.48. The van der Waals surface area contributed by atoms with Crippen LogP contribution in [-0.4, -0.2) is 42.0 Å². The van der Waals surface area contributed by atoms with E-state index in [1.807, 2.05) is 13.0 Å². The van der Waals surface area contributed by atoms with Crippen molar-refractivity contribution in [2.75, 3.05) is 0 Å². The lowest BCUT2D eigenvalue weighted by atomic mass is 9.20. The third-order valence-corrected chi connectivity index (χ3v) is 13.5. The van der Waals surface area contributed by atoms with Gasteiger partial charge in [-0.15, -0.1) is 0 Å². The summed E-state index contributed by atoms with van der Waals surface area (Å²) in [6.07, 6.45) is 11.2. The highest BCUT2D eigenvalue weighted by molar-refractivity contribution is 6.51. The van der Waals surface area contributed by atoms with Crippen LogP contribution in [0, 0.1) is 39.9 Å². The molecule has 7 aliphatic carbocycles. The predicted octanol–water partition coefficient (Wildman–Crippen LogP) is 5.41. The molecule has 8 atom stereocenters. The van der Waals surface area contributed by atoms with Gasteiger partial charge in [0.05, 0.1) is 11.2 Å². The second-order valence-corrected chi connectivity index (χ2v) is 15.8. The summed E-state index contributed by atoms with van der Waals surface area (Å²) in [5.41, 5.74) is -0.516. The smallest absolute Gasteiger partial charge is 0.457 e. The summed E-state index contributed by atoms with van der Waals surface area (Å²) in [4.78, 5) is 26.0. The summed E-state index contributed by atoms with van der Waals surface area (Å²) in [7, 11) is -0.180. The van der Waals surface area contributed by atoms with Crippen LogP contribution in [0.4, 0.5) is 0 Å². The van der Waals surface area contributed by atoms with Crippen LogP contribution < -0.4 is 0 Å². The first-order chi connectivity index (χ1) is 17.6. The molecule has 0 amide bonds. The van der Waals surface area contributed by atoms with E-state index in [-0.39, 0.29) is 52.3 Å². The van der Waals surface area contributed by atoms with Crippen molar-refractivity contribution < 1.29 is 28.4 Å². The lowest BCUT2D eigenvalue weighted by Crippen LogP contribution is -2.70. The molecule has 2 heterocycles. The number of hydrogen-bond donors (Lipinski definition) is 0. The molecule has 6 bridgehead atoms. The highest BCUT2D eigenvalue weighted by atomic mass is 16.7. The number of ether oxygens (including phenoxy) is 2. The maximum atomic E-state index is 13.8. The lowest BCUT2D eigenvalue weighted by Gasteiger charge is -2.76. The molecule has 7 heteroatoms. The standard InChI is InChI=1S/C31H41BO6/c1-17-12-30-13-19(17)8-9-20(30)31-11-10-21(35-18(2)33)27(7,24(34)36-31)22(31)23(30)28-14-29(15-28,16-28)32-37-25(3,4)26(5,6)38-32/h10-11,19-23H,1,8-9,12-16H2,2-7H3/t19-,20-,21+,22-,23-,27?,28?,29?,30+,31-/m1/s1. The topological polar surface area (TPSA) is 71.1 Å². The molecule has 38 heavy (non-hydrogen) atoms. The quantitative estimate of drug-likeness (QED) is 0.281.